The summed E-state index contributed by atoms with van der Waals surface area (Å²) < 4.78 is 0. The average Bonchev–Trinajstić information content (AvgIpc) is 2.63. The summed E-state index contributed by atoms with van der Waals surface area (Å²) in [5.74, 6) is 0.751. The standard InChI is InChI=1S/C12H15N3OS/c1-7-6-17-12(14-7)4-11-13-5-10(9(3)16)8(2)15-11/h5-6,9,16H,4H2,1-3H3/t9-/m1/s1. The van der Waals surface area contributed by atoms with Crippen molar-refractivity contribution in [2.45, 2.75) is 33.3 Å². The molecule has 1 atom stereocenters. The molecule has 2 aromatic rings. The lowest BCUT2D eigenvalue weighted by atomic mass is 10.1. The van der Waals surface area contributed by atoms with Crippen molar-refractivity contribution in [3.05, 3.63) is 39.4 Å². The van der Waals surface area contributed by atoms with Crippen LogP contribution in [0.2, 0.25) is 0 Å². The van der Waals surface area contributed by atoms with Gasteiger partial charge in [-0.15, -0.1) is 11.3 Å². The van der Waals surface area contributed by atoms with Crippen LogP contribution in [0.3, 0.4) is 0 Å². The first kappa shape index (κ1) is 12.1. The summed E-state index contributed by atoms with van der Waals surface area (Å²) in [5, 5.41) is 12.5. The Labute approximate surface area is 104 Å². The summed E-state index contributed by atoms with van der Waals surface area (Å²) in [6, 6.07) is 0. The molecule has 0 unspecified atom stereocenters. The fourth-order valence-corrected chi connectivity index (χ4v) is 2.41. The van der Waals surface area contributed by atoms with Crippen LogP contribution in [0.1, 0.15) is 40.8 Å². The molecule has 0 aliphatic rings. The van der Waals surface area contributed by atoms with Gasteiger partial charge >= 0.3 is 0 Å². The maximum absolute atomic E-state index is 9.50. The van der Waals surface area contributed by atoms with Crippen molar-refractivity contribution in [1.29, 1.82) is 0 Å². The van der Waals surface area contributed by atoms with E-state index in [0.29, 0.717) is 6.42 Å². The third-order valence-electron chi connectivity index (χ3n) is 2.49. The zero-order valence-electron chi connectivity index (χ0n) is 10.1. The molecule has 0 radical (unpaired) electrons. The van der Waals surface area contributed by atoms with Crippen molar-refractivity contribution in [3.63, 3.8) is 0 Å². The second-order valence-corrected chi connectivity index (χ2v) is 5.01. The van der Waals surface area contributed by atoms with Crippen LogP contribution in [0.5, 0.6) is 0 Å². The number of aryl methyl sites for hydroxylation is 2. The van der Waals surface area contributed by atoms with Crippen molar-refractivity contribution < 1.29 is 5.11 Å². The van der Waals surface area contributed by atoms with Crippen molar-refractivity contribution in [1.82, 2.24) is 15.0 Å². The predicted molar refractivity (Wildman–Crippen MR) is 67.1 cm³/mol. The minimum atomic E-state index is -0.522. The summed E-state index contributed by atoms with van der Waals surface area (Å²) in [6.45, 7) is 5.58. The second kappa shape index (κ2) is 4.89. The second-order valence-electron chi connectivity index (χ2n) is 4.06. The molecule has 2 aromatic heterocycles. The topological polar surface area (TPSA) is 58.9 Å². The SMILES string of the molecule is Cc1csc(Cc2ncc([C@@H](C)O)c(C)n2)n1. The summed E-state index contributed by atoms with van der Waals surface area (Å²) in [7, 11) is 0. The number of aliphatic hydroxyl groups is 1. The minimum Gasteiger partial charge on any atom is -0.389 e. The highest BCUT2D eigenvalue weighted by Gasteiger charge is 2.09. The number of rotatable bonds is 3. The van der Waals surface area contributed by atoms with E-state index in [4.69, 9.17) is 0 Å². The molecule has 1 N–H and O–H groups in total. The Hall–Kier alpha value is -1.33. The zero-order valence-corrected chi connectivity index (χ0v) is 11.0. The number of aliphatic hydroxyl groups excluding tert-OH is 1. The van der Waals surface area contributed by atoms with Gasteiger partial charge in [-0.25, -0.2) is 15.0 Å². The van der Waals surface area contributed by atoms with Crippen LogP contribution in [-0.4, -0.2) is 20.1 Å². The molecular formula is C12H15N3OS. The van der Waals surface area contributed by atoms with Gasteiger partial charge < -0.3 is 5.11 Å². The first-order valence-corrected chi connectivity index (χ1v) is 6.35. The van der Waals surface area contributed by atoms with Gasteiger partial charge in [-0.3, -0.25) is 0 Å². The molecule has 0 aliphatic heterocycles. The molecule has 0 amide bonds. The summed E-state index contributed by atoms with van der Waals surface area (Å²) in [6.07, 6.45) is 1.83. The summed E-state index contributed by atoms with van der Waals surface area (Å²) in [4.78, 5) is 13.0. The summed E-state index contributed by atoms with van der Waals surface area (Å²) in [5.41, 5.74) is 2.64. The number of thiazole rings is 1. The highest BCUT2D eigenvalue weighted by molar-refractivity contribution is 7.09. The molecule has 4 nitrogen and oxygen atoms in total. The molecule has 17 heavy (non-hydrogen) atoms. The first-order chi connectivity index (χ1) is 8.06. The number of hydrogen-bond acceptors (Lipinski definition) is 5. The van der Waals surface area contributed by atoms with Crippen LogP contribution >= 0.6 is 11.3 Å². The van der Waals surface area contributed by atoms with Gasteiger partial charge in [0.2, 0.25) is 0 Å². The van der Waals surface area contributed by atoms with E-state index < -0.39 is 6.10 Å². The molecule has 0 aromatic carbocycles. The molecular weight excluding hydrogens is 234 g/mol. The Morgan fingerprint density at radius 2 is 2.12 bits per heavy atom. The van der Waals surface area contributed by atoms with Gasteiger partial charge in [-0.1, -0.05) is 0 Å². The molecule has 90 valence electrons. The lowest BCUT2D eigenvalue weighted by Crippen LogP contribution is -2.04. The van der Waals surface area contributed by atoms with Crippen LogP contribution in [0.25, 0.3) is 0 Å². The van der Waals surface area contributed by atoms with Crippen molar-refractivity contribution in [3.8, 4) is 0 Å². The molecule has 2 rings (SSSR count). The molecule has 5 heteroatoms. The van der Waals surface area contributed by atoms with E-state index in [9.17, 15) is 5.11 Å². The molecule has 0 saturated carbocycles. The summed E-state index contributed by atoms with van der Waals surface area (Å²) >= 11 is 1.62. The fourth-order valence-electron chi connectivity index (χ4n) is 1.64. The van der Waals surface area contributed by atoms with Gasteiger partial charge in [0, 0.05) is 28.5 Å². The quantitative estimate of drug-likeness (QED) is 0.906. The van der Waals surface area contributed by atoms with E-state index >= 15 is 0 Å². The lowest BCUT2D eigenvalue weighted by Gasteiger charge is -2.08. The monoisotopic (exact) mass is 249 g/mol. The first-order valence-electron chi connectivity index (χ1n) is 5.47. The Morgan fingerprint density at radius 3 is 2.65 bits per heavy atom. The van der Waals surface area contributed by atoms with Crippen molar-refractivity contribution in [2.75, 3.05) is 0 Å². The van der Waals surface area contributed by atoms with Gasteiger partial charge in [-0.2, -0.15) is 0 Å². The van der Waals surface area contributed by atoms with E-state index in [1.165, 1.54) is 0 Å². The van der Waals surface area contributed by atoms with E-state index in [0.717, 1.165) is 27.8 Å². The number of nitrogens with zero attached hydrogens (tertiary/aromatic N) is 3. The zero-order chi connectivity index (χ0) is 12.4. The largest absolute Gasteiger partial charge is 0.389 e. The van der Waals surface area contributed by atoms with E-state index in [1.54, 1.807) is 24.5 Å². The predicted octanol–water partition coefficient (Wildman–Crippen LogP) is 2.19. The Kier molecular flexibility index (Phi) is 3.49. The maximum Gasteiger partial charge on any atom is 0.135 e. The molecule has 0 bridgehead atoms. The Bertz CT molecular complexity index is 522. The van der Waals surface area contributed by atoms with Crippen LogP contribution in [0, 0.1) is 13.8 Å². The smallest absolute Gasteiger partial charge is 0.135 e. The van der Waals surface area contributed by atoms with E-state index in [-0.39, 0.29) is 0 Å². The molecule has 0 aliphatic carbocycles. The van der Waals surface area contributed by atoms with Crippen molar-refractivity contribution in [2.24, 2.45) is 0 Å². The van der Waals surface area contributed by atoms with Gasteiger partial charge in [-0.05, 0) is 20.8 Å². The van der Waals surface area contributed by atoms with Crippen LogP contribution < -0.4 is 0 Å². The highest BCUT2D eigenvalue weighted by Crippen LogP contribution is 2.16. The molecule has 2 heterocycles. The molecule has 0 fully saturated rings. The van der Waals surface area contributed by atoms with Gasteiger partial charge in [0.25, 0.3) is 0 Å². The maximum atomic E-state index is 9.50. The van der Waals surface area contributed by atoms with Gasteiger partial charge in [0.05, 0.1) is 12.5 Å². The van der Waals surface area contributed by atoms with E-state index in [2.05, 4.69) is 15.0 Å². The lowest BCUT2D eigenvalue weighted by molar-refractivity contribution is 0.197. The normalized spacial score (nSPS) is 12.7. The average molecular weight is 249 g/mol. The molecule has 0 spiro atoms. The van der Waals surface area contributed by atoms with Gasteiger partial charge in [0.15, 0.2) is 0 Å². The fraction of sp³-hybridized carbons (Fsp3) is 0.417. The number of hydrogen-bond donors (Lipinski definition) is 1. The molecule has 0 saturated heterocycles. The van der Waals surface area contributed by atoms with Crippen molar-refractivity contribution >= 4 is 11.3 Å². The Morgan fingerprint density at radius 1 is 1.35 bits per heavy atom. The Balaban J connectivity index is 2.20. The minimum absolute atomic E-state index is 0.522. The van der Waals surface area contributed by atoms with Crippen LogP contribution in [0.15, 0.2) is 11.6 Å². The van der Waals surface area contributed by atoms with E-state index in [1.807, 2.05) is 19.2 Å². The third kappa shape index (κ3) is 2.87. The van der Waals surface area contributed by atoms with Crippen LogP contribution in [0.4, 0.5) is 0 Å². The highest BCUT2D eigenvalue weighted by atomic mass is 32.1. The number of aromatic nitrogens is 3. The van der Waals surface area contributed by atoms with Crippen LogP contribution in [-0.2, 0) is 6.42 Å². The van der Waals surface area contributed by atoms with Gasteiger partial charge in [0.1, 0.15) is 10.8 Å². The third-order valence-corrected chi connectivity index (χ3v) is 3.46.